The van der Waals surface area contributed by atoms with Crippen LogP contribution in [0.3, 0.4) is 0 Å². The molecule has 1 fully saturated rings. The first kappa shape index (κ1) is 35.3. The van der Waals surface area contributed by atoms with E-state index >= 15 is 0 Å². The summed E-state index contributed by atoms with van der Waals surface area (Å²) in [6.45, 7) is 2.30. The molecule has 1 aliphatic carbocycles. The van der Waals surface area contributed by atoms with Crippen molar-refractivity contribution in [1.82, 2.24) is 5.32 Å². The average Bonchev–Trinajstić information content (AvgIpc) is 3.12. The van der Waals surface area contributed by atoms with Crippen LogP contribution in [0, 0.1) is 0 Å². The molecule has 4 aromatic rings. The van der Waals surface area contributed by atoms with Crippen LogP contribution in [0.4, 0.5) is 11.4 Å². The van der Waals surface area contributed by atoms with E-state index in [2.05, 4.69) is 17.4 Å². The van der Waals surface area contributed by atoms with Crippen molar-refractivity contribution in [3.8, 4) is 0 Å². The summed E-state index contributed by atoms with van der Waals surface area (Å²) in [6.07, 6.45) is 5.86. The maximum absolute atomic E-state index is 14.1. The number of nitrogens with one attached hydrogen (secondary N) is 1. The van der Waals surface area contributed by atoms with Gasteiger partial charge < -0.3 is 15.3 Å². The Kier molecular flexibility index (Phi) is 11.9. The van der Waals surface area contributed by atoms with Gasteiger partial charge >= 0.3 is 5.97 Å². The summed E-state index contributed by atoms with van der Waals surface area (Å²) >= 11 is 0. The minimum absolute atomic E-state index is 0.0186. The third-order valence-electron chi connectivity index (χ3n) is 8.94. The lowest BCUT2D eigenvalue weighted by Crippen LogP contribution is -2.32. The smallest absolute Gasteiger partial charge is 0.305 e. The number of amides is 2. The molecule has 0 heterocycles. The maximum atomic E-state index is 14.1. The molecule has 10 heteroatoms. The number of sulfonamides is 1. The number of rotatable bonds is 14. The van der Waals surface area contributed by atoms with Crippen molar-refractivity contribution in [3.05, 3.63) is 125 Å². The number of benzene rings is 4. The van der Waals surface area contributed by atoms with E-state index < -0.39 is 16.0 Å². The maximum Gasteiger partial charge on any atom is 0.305 e. The van der Waals surface area contributed by atoms with Gasteiger partial charge in [0.2, 0.25) is 5.91 Å². The number of carboxylic acids is 1. The number of para-hydroxylation sites is 1. The summed E-state index contributed by atoms with van der Waals surface area (Å²) in [5.74, 6) is -1.05. The van der Waals surface area contributed by atoms with E-state index in [0.29, 0.717) is 22.7 Å². The summed E-state index contributed by atoms with van der Waals surface area (Å²) in [7, 11) is -3.87. The van der Waals surface area contributed by atoms with E-state index in [1.807, 2.05) is 18.2 Å². The molecule has 256 valence electrons. The molecule has 0 spiro atoms. The van der Waals surface area contributed by atoms with Gasteiger partial charge in [-0.2, -0.15) is 0 Å². The lowest BCUT2D eigenvalue weighted by atomic mass is 9.84. The van der Waals surface area contributed by atoms with Crippen LogP contribution in [0.25, 0.3) is 0 Å². The van der Waals surface area contributed by atoms with Crippen LogP contribution in [0.2, 0.25) is 0 Å². The van der Waals surface area contributed by atoms with Crippen LogP contribution in [-0.2, 0) is 32.6 Å². The Balaban J connectivity index is 1.38. The summed E-state index contributed by atoms with van der Waals surface area (Å²) in [5.41, 5.74) is 4.32. The first-order valence-corrected chi connectivity index (χ1v) is 18.3. The van der Waals surface area contributed by atoms with Crippen LogP contribution in [0.15, 0.2) is 108 Å². The molecule has 2 N–H and O–H groups in total. The number of carbonyl (C=O) groups is 3. The van der Waals surface area contributed by atoms with Gasteiger partial charge in [0.15, 0.2) is 0 Å². The number of carboxylic acid groups (broad SMARTS) is 1. The van der Waals surface area contributed by atoms with Crippen LogP contribution in [0.1, 0.15) is 78.4 Å². The fraction of sp³-hybridized carbons (Fsp3) is 0.308. The van der Waals surface area contributed by atoms with Crippen molar-refractivity contribution in [3.63, 3.8) is 0 Å². The van der Waals surface area contributed by atoms with Gasteiger partial charge in [-0.15, -0.1) is 0 Å². The van der Waals surface area contributed by atoms with E-state index in [-0.39, 0.29) is 49.2 Å². The van der Waals surface area contributed by atoms with Gasteiger partial charge in [-0.1, -0.05) is 73.9 Å². The summed E-state index contributed by atoms with van der Waals surface area (Å²) in [6, 6.07) is 30.5. The van der Waals surface area contributed by atoms with Gasteiger partial charge in [0.25, 0.3) is 15.9 Å². The molecule has 0 atom stereocenters. The van der Waals surface area contributed by atoms with Crippen molar-refractivity contribution in [2.24, 2.45) is 0 Å². The highest BCUT2D eigenvalue weighted by Crippen LogP contribution is 2.34. The monoisotopic (exact) mass is 681 g/mol. The van der Waals surface area contributed by atoms with Gasteiger partial charge in [0, 0.05) is 24.3 Å². The molecule has 0 aliphatic heterocycles. The average molecular weight is 682 g/mol. The number of anilines is 2. The first-order chi connectivity index (χ1) is 23.7. The lowest BCUT2D eigenvalue weighted by Gasteiger charge is -2.26. The second-order valence-corrected chi connectivity index (χ2v) is 14.2. The highest BCUT2D eigenvalue weighted by atomic mass is 32.2. The van der Waals surface area contributed by atoms with E-state index in [1.165, 1.54) is 29.1 Å². The molecule has 49 heavy (non-hydrogen) atoms. The summed E-state index contributed by atoms with van der Waals surface area (Å²) < 4.78 is 28.8. The number of hydrogen-bond acceptors (Lipinski definition) is 5. The Morgan fingerprint density at radius 1 is 0.796 bits per heavy atom. The molecule has 0 aromatic heterocycles. The molecule has 9 nitrogen and oxygen atoms in total. The molecule has 0 radical (unpaired) electrons. The number of nitrogens with zero attached hydrogens (tertiary/aromatic N) is 2. The standard InChI is InChI=1S/C39H43N3O6S/c1-2-42(35-13-7-4-8-14-35)49(47,48)36-15-9-10-30(26-36)27-37(43)41(34-22-20-32(21-23-34)31-11-5-3-6-12-31)28-29-16-18-33(19-17-29)39(46)40-25-24-38(44)45/h4,7-10,13-23,26,31H,2-3,5-6,11-12,24-25,27-28H2,1H3,(H,40,46)(H,44,45). The SMILES string of the molecule is CCN(c1ccccc1)S(=O)(=O)c1cccc(CC(=O)N(Cc2ccc(C(=O)NCCC(=O)O)cc2)c2ccc(C3CCCCC3)cc2)c1. The third-order valence-corrected chi connectivity index (χ3v) is 10.8. The molecule has 0 bridgehead atoms. The largest absolute Gasteiger partial charge is 0.481 e. The van der Waals surface area contributed by atoms with Crippen LogP contribution in [0.5, 0.6) is 0 Å². The van der Waals surface area contributed by atoms with Crippen molar-refractivity contribution >= 4 is 39.2 Å². The Labute approximate surface area is 288 Å². The van der Waals surface area contributed by atoms with Gasteiger partial charge in [0.1, 0.15) is 0 Å². The second-order valence-electron chi connectivity index (χ2n) is 12.3. The topological polar surface area (TPSA) is 124 Å². The predicted octanol–water partition coefficient (Wildman–Crippen LogP) is 6.93. The van der Waals surface area contributed by atoms with Gasteiger partial charge in [-0.25, -0.2) is 8.42 Å². The molecular weight excluding hydrogens is 639 g/mol. The molecule has 1 saturated carbocycles. The molecule has 2 amide bonds. The Morgan fingerprint density at radius 2 is 1.49 bits per heavy atom. The minimum Gasteiger partial charge on any atom is -0.481 e. The van der Waals surface area contributed by atoms with Gasteiger partial charge in [-0.3, -0.25) is 18.7 Å². The quantitative estimate of drug-likeness (QED) is 0.149. The fourth-order valence-electron chi connectivity index (χ4n) is 6.31. The van der Waals surface area contributed by atoms with Crippen molar-refractivity contribution in [2.75, 3.05) is 22.3 Å². The van der Waals surface area contributed by atoms with E-state index in [0.717, 1.165) is 24.1 Å². The van der Waals surface area contributed by atoms with Crippen LogP contribution in [-0.4, -0.2) is 44.4 Å². The van der Waals surface area contributed by atoms with E-state index in [9.17, 15) is 22.8 Å². The Hall–Kier alpha value is -4.96. The molecule has 4 aromatic carbocycles. The number of aliphatic carboxylic acids is 1. The predicted molar refractivity (Wildman–Crippen MR) is 191 cm³/mol. The zero-order chi connectivity index (χ0) is 34.8. The molecule has 5 rings (SSSR count). The van der Waals surface area contributed by atoms with Crippen molar-refractivity contribution < 1.29 is 27.9 Å². The number of carbonyl (C=O) groups excluding carboxylic acids is 2. The van der Waals surface area contributed by atoms with Crippen LogP contribution < -0.4 is 14.5 Å². The van der Waals surface area contributed by atoms with Crippen LogP contribution >= 0.6 is 0 Å². The third kappa shape index (κ3) is 9.14. The Bertz CT molecular complexity index is 1840. The normalized spacial score (nSPS) is 13.4. The summed E-state index contributed by atoms with van der Waals surface area (Å²) in [5, 5.41) is 11.4. The molecule has 1 aliphatic rings. The zero-order valence-electron chi connectivity index (χ0n) is 27.8. The lowest BCUT2D eigenvalue weighted by molar-refractivity contribution is -0.136. The molecule has 0 saturated heterocycles. The highest BCUT2D eigenvalue weighted by molar-refractivity contribution is 7.92. The number of hydrogen-bond donors (Lipinski definition) is 2. The van der Waals surface area contributed by atoms with Crippen molar-refractivity contribution in [2.45, 2.75) is 69.2 Å². The zero-order valence-corrected chi connectivity index (χ0v) is 28.6. The highest BCUT2D eigenvalue weighted by Gasteiger charge is 2.25. The fourth-order valence-corrected chi connectivity index (χ4v) is 7.86. The van der Waals surface area contributed by atoms with E-state index in [4.69, 9.17) is 5.11 Å². The first-order valence-electron chi connectivity index (χ1n) is 16.8. The molecule has 0 unspecified atom stereocenters. The van der Waals surface area contributed by atoms with E-state index in [1.54, 1.807) is 84.6 Å². The Morgan fingerprint density at radius 3 is 2.14 bits per heavy atom. The van der Waals surface area contributed by atoms with Crippen molar-refractivity contribution in [1.29, 1.82) is 0 Å². The molecular formula is C39H43N3O6S. The summed E-state index contributed by atoms with van der Waals surface area (Å²) in [4.78, 5) is 39.2. The van der Waals surface area contributed by atoms with Gasteiger partial charge in [-0.05, 0) is 90.9 Å². The second kappa shape index (κ2) is 16.4. The minimum atomic E-state index is -3.87. The van der Waals surface area contributed by atoms with Gasteiger partial charge in [0.05, 0.1) is 30.0 Å².